The number of nitrogens with zero attached hydrogens (tertiary/aromatic N) is 1. The Kier molecular flexibility index (Phi) is 6.77. The first-order valence-corrected chi connectivity index (χ1v) is 10.7. The average Bonchev–Trinajstić information content (AvgIpc) is 3.24. The Hall–Kier alpha value is -2.99. The zero-order chi connectivity index (χ0) is 21.6. The van der Waals surface area contributed by atoms with Crippen molar-refractivity contribution in [3.63, 3.8) is 0 Å². The summed E-state index contributed by atoms with van der Waals surface area (Å²) in [6.45, 7) is 1.17. The second-order valence-corrected chi connectivity index (χ2v) is 8.05. The number of carbonyl (C=O) groups excluding carboxylic acids is 1. The van der Waals surface area contributed by atoms with Crippen molar-refractivity contribution in [3.8, 4) is 0 Å². The Bertz CT molecular complexity index is 1010. The van der Waals surface area contributed by atoms with Gasteiger partial charge in [-0.2, -0.15) is 0 Å². The average molecular weight is 424 g/mol. The van der Waals surface area contributed by atoms with Gasteiger partial charge in [-0.15, -0.1) is 0 Å². The van der Waals surface area contributed by atoms with Crippen molar-refractivity contribution >= 4 is 11.6 Å². The van der Waals surface area contributed by atoms with Crippen LogP contribution in [0.5, 0.6) is 0 Å². The van der Waals surface area contributed by atoms with Gasteiger partial charge in [0.2, 0.25) is 0 Å². The van der Waals surface area contributed by atoms with Crippen molar-refractivity contribution in [2.45, 2.75) is 51.2 Å². The molecule has 0 spiro atoms. The number of nitrogens with one attached hydrogen (secondary N) is 1. The number of halogens is 2. The molecule has 162 valence electrons. The van der Waals surface area contributed by atoms with E-state index in [0.29, 0.717) is 30.6 Å². The van der Waals surface area contributed by atoms with Gasteiger partial charge in [0.25, 0.3) is 5.91 Å². The number of benzene rings is 2. The van der Waals surface area contributed by atoms with Crippen LogP contribution in [-0.2, 0) is 13.1 Å². The fourth-order valence-corrected chi connectivity index (χ4v) is 4.14. The lowest BCUT2D eigenvalue weighted by Crippen LogP contribution is -2.35. The zero-order valence-corrected chi connectivity index (χ0v) is 17.3. The minimum Gasteiger partial charge on any atom is -0.455 e. The molecule has 1 N–H and O–H groups in total. The normalized spacial score (nSPS) is 14.7. The van der Waals surface area contributed by atoms with Crippen LogP contribution >= 0.6 is 0 Å². The van der Waals surface area contributed by atoms with E-state index in [9.17, 15) is 13.6 Å². The summed E-state index contributed by atoms with van der Waals surface area (Å²) >= 11 is 0. The van der Waals surface area contributed by atoms with Gasteiger partial charge in [-0.3, -0.25) is 9.69 Å². The van der Waals surface area contributed by atoms with Crippen LogP contribution in [0.25, 0.3) is 0 Å². The molecular formula is C25H26F2N2O2. The SMILES string of the molecule is O=C(Nc1ccc(F)cc1)c1ccc(CN(Cc2cccc(F)c2)C2CCCCC2)o1. The summed E-state index contributed by atoms with van der Waals surface area (Å²) in [5, 5.41) is 2.71. The molecule has 1 aliphatic carbocycles. The summed E-state index contributed by atoms with van der Waals surface area (Å²) in [4.78, 5) is 14.8. The number of amides is 1. The largest absolute Gasteiger partial charge is 0.455 e. The summed E-state index contributed by atoms with van der Waals surface area (Å²) in [7, 11) is 0. The Morgan fingerprint density at radius 2 is 1.71 bits per heavy atom. The number of hydrogen-bond acceptors (Lipinski definition) is 3. The summed E-state index contributed by atoms with van der Waals surface area (Å²) in [6, 6.07) is 16.1. The lowest BCUT2D eigenvalue weighted by molar-refractivity contribution is 0.0985. The number of anilines is 1. The van der Waals surface area contributed by atoms with Gasteiger partial charge in [-0.05, 0) is 66.9 Å². The van der Waals surface area contributed by atoms with Gasteiger partial charge >= 0.3 is 0 Å². The van der Waals surface area contributed by atoms with E-state index < -0.39 is 0 Å². The highest BCUT2D eigenvalue weighted by Gasteiger charge is 2.23. The maximum absolute atomic E-state index is 13.7. The van der Waals surface area contributed by atoms with Crippen molar-refractivity contribution in [1.82, 2.24) is 4.90 Å². The van der Waals surface area contributed by atoms with E-state index in [0.717, 1.165) is 18.4 Å². The van der Waals surface area contributed by atoms with E-state index in [1.807, 2.05) is 6.07 Å². The minimum absolute atomic E-state index is 0.202. The van der Waals surface area contributed by atoms with Crippen LogP contribution in [0.15, 0.2) is 65.1 Å². The van der Waals surface area contributed by atoms with E-state index in [-0.39, 0.29) is 23.3 Å². The second-order valence-electron chi connectivity index (χ2n) is 8.05. The monoisotopic (exact) mass is 424 g/mol. The van der Waals surface area contributed by atoms with Crippen molar-refractivity contribution in [2.75, 3.05) is 5.32 Å². The molecule has 1 fully saturated rings. The molecular weight excluding hydrogens is 398 g/mol. The van der Waals surface area contributed by atoms with E-state index >= 15 is 0 Å². The molecule has 0 unspecified atom stereocenters. The fourth-order valence-electron chi connectivity index (χ4n) is 4.14. The molecule has 6 heteroatoms. The van der Waals surface area contributed by atoms with E-state index in [1.165, 1.54) is 49.6 Å². The lowest BCUT2D eigenvalue weighted by atomic mass is 9.93. The van der Waals surface area contributed by atoms with Gasteiger partial charge in [0.1, 0.15) is 17.4 Å². The number of carbonyl (C=O) groups is 1. The van der Waals surface area contributed by atoms with Gasteiger partial charge in [-0.1, -0.05) is 31.4 Å². The van der Waals surface area contributed by atoms with Crippen molar-refractivity contribution in [1.29, 1.82) is 0 Å². The second kappa shape index (κ2) is 9.88. The highest BCUT2D eigenvalue weighted by Crippen LogP contribution is 2.26. The molecule has 4 rings (SSSR count). The van der Waals surface area contributed by atoms with Crippen LogP contribution in [0, 0.1) is 11.6 Å². The molecule has 4 nitrogen and oxygen atoms in total. The highest BCUT2D eigenvalue weighted by atomic mass is 19.1. The van der Waals surface area contributed by atoms with Crippen LogP contribution in [0.2, 0.25) is 0 Å². The third-order valence-corrected chi connectivity index (χ3v) is 5.71. The molecule has 0 radical (unpaired) electrons. The summed E-state index contributed by atoms with van der Waals surface area (Å²) in [6.07, 6.45) is 5.84. The van der Waals surface area contributed by atoms with Gasteiger partial charge in [0, 0.05) is 18.3 Å². The van der Waals surface area contributed by atoms with Gasteiger partial charge in [-0.25, -0.2) is 8.78 Å². The topological polar surface area (TPSA) is 45.5 Å². The molecule has 0 atom stereocenters. The standard InChI is InChI=1S/C25H26F2N2O2/c26-19-9-11-21(12-10-19)28-25(30)24-14-13-23(31-24)17-29(22-7-2-1-3-8-22)16-18-5-4-6-20(27)15-18/h4-6,9-15,22H,1-3,7-8,16-17H2,(H,28,30). The first kappa shape index (κ1) is 21.2. The van der Waals surface area contributed by atoms with E-state index in [2.05, 4.69) is 10.2 Å². The molecule has 0 saturated heterocycles. The molecule has 1 saturated carbocycles. The molecule has 1 heterocycles. The molecule has 0 aliphatic heterocycles. The van der Waals surface area contributed by atoms with Gasteiger partial charge in [0.15, 0.2) is 5.76 Å². The quantitative estimate of drug-likeness (QED) is 0.495. The molecule has 1 aromatic heterocycles. The van der Waals surface area contributed by atoms with Crippen LogP contribution in [0.1, 0.15) is 54.0 Å². The smallest absolute Gasteiger partial charge is 0.291 e. The number of hydrogen-bond donors (Lipinski definition) is 1. The zero-order valence-electron chi connectivity index (χ0n) is 17.3. The van der Waals surface area contributed by atoms with Crippen LogP contribution in [0.4, 0.5) is 14.5 Å². The molecule has 3 aromatic rings. The van der Waals surface area contributed by atoms with Crippen LogP contribution in [-0.4, -0.2) is 16.8 Å². The summed E-state index contributed by atoms with van der Waals surface area (Å²) in [5.74, 6) is -0.0923. The number of rotatable bonds is 7. The van der Waals surface area contributed by atoms with Gasteiger partial charge < -0.3 is 9.73 Å². The number of furan rings is 1. The van der Waals surface area contributed by atoms with Crippen molar-refractivity contribution in [3.05, 3.63) is 89.4 Å². The highest BCUT2D eigenvalue weighted by molar-refractivity contribution is 6.02. The van der Waals surface area contributed by atoms with Crippen molar-refractivity contribution in [2.24, 2.45) is 0 Å². The Morgan fingerprint density at radius 3 is 2.45 bits per heavy atom. The third kappa shape index (κ3) is 5.79. The van der Waals surface area contributed by atoms with Crippen LogP contribution in [0.3, 0.4) is 0 Å². The first-order valence-electron chi connectivity index (χ1n) is 10.7. The fraction of sp³-hybridized carbons (Fsp3) is 0.320. The molecule has 0 bridgehead atoms. The minimum atomic E-state index is -0.382. The molecule has 1 aliphatic rings. The Morgan fingerprint density at radius 1 is 0.935 bits per heavy atom. The first-order chi connectivity index (χ1) is 15.1. The predicted octanol–water partition coefficient (Wildman–Crippen LogP) is 6.15. The maximum atomic E-state index is 13.7. The van der Waals surface area contributed by atoms with E-state index in [1.54, 1.807) is 24.3 Å². The Balaban J connectivity index is 1.45. The predicted molar refractivity (Wildman–Crippen MR) is 116 cm³/mol. The molecule has 1 amide bonds. The molecule has 31 heavy (non-hydrogen) atoms. The maximum Gasteiger partial charge on any atom is 0.291 e. The summed E-state index contributed by atoms with van der Waals surface area (Å²) < 4.78 is 32.5. The summed E-state index contributed by atoms with van der Waals surface area (Å²) in [5.41, 5.74) is 1.42. The van der Waals surface area contributed by atoms with Crippen molar-refractivity contribution < 1.29 is 18.0 Å². The van der Waals surface area contributed by atoms with E-state index in [4.69, 9.17) is 4.42 Å². The molecule has 2 aromatic carbocycles. The van der Waals surface area contributed by atoms with Crippen LogP contribution < -0.4 is 5.32 Å². The van der Waals surface area contributed by atoms with Gasteiger partial charge in [0.05, 0.1) is 6.54 Å². The lowest BCUT2D eigenvalue weighted by Gasteiger charge is -2.34. The Labute approximate surface area is 180 Å². The third-order valence-electron chi connectivity index (χ3n) is 5.71.